The van der Waals surface area contributed by atoms with Crippen LogP contribution in [0.4, 0.5) is 0 Å². The van der Waals surface area contributed by atoms with Crippen molar-refractivity contribution >= 4 is 11.8 Å². The van der Waals surface area contributed by atoms with E-state index in [2.05, 4.69) is 10.5 Å². The van der Waals surface area contributed by atoms with E-state index >= 15 is 0 Å². The van der Waals surface area contributed by atoms with E-state index < -0.39 is 0 Å². The number of aryl methyl sites for hydroxylation is 1. The molecule has 0 saturated carbocycles. The number of rotatable bonds is 1. The van der Waals surface area contributed by atoms with Gasteiger partial charge in [0.1, 0.15) is 11.8 Å². The second-order valence-corrected chi connectivity index (χ2v) is 4.97. The van der Waals surface area contributed by atoms with Crippen molar-refractivity contribution in [3.05, 3.63) is 17.5 Å². The molecule has 3 rings (SSSR count). The Morgan fingerprint density at radius 2 is 2.39 bits per heavy atom. The van der Waals surface area contributed by atoms with Crippen molar-refractivity contribution in [2.75, 3.05) is 19.6 Å². The van der Waals surface area contributed by atoms with Gasteiger partial charge in [0.15, 0.2) is 0 Å². The molecule has 6 nitrogen and oxygen atoms in total. The summed E-state index contributed by atoms with van der Waals surface area (Å²) in [5.74, 6) is 0.227. The van der Waals surface area contributed by atoms with Crippen molar-refractivity contribution < 1.29 is 14.1 Å². The van der Waals surface area contributed by atoms with Gasteiger partial charge in [-0.05, 0) is 19.3 Å². The lowest BCUT2D eigenvalue weighted by atomic mass is 9.89. The van der Waals surface area contributed by atoms with E-state index in [-0.39, 0.29) is 17.7 Å². The molecule has 0 aromatic carbocycles. The molecule has 1 N–H and O–H groups in total. The molecule has 2 aliphatic rings. The van der Waals surface area contributed by atoms with Crippen LogP contribution in [0.2, 0.25) is 0 Å². The molecule has 2 aliphatic heterocycles. The molecule has 2 saturated heterocycles. The standard InChI is InChI=1S/C12H15N3O3/c1-7-10(6-18-14-7)12(17)15-4-8-2-3-13-11(16)9(8)5-15/h6,8-9H,2-5H2,1H3,(H,13,16)/t8-,9-/m0/s1. The minimum atomic E-state index is -0.0871. The number of nitrogens with one attached hydrogen (secondary N) is 1. The topological polar surface area (TPSA) is 75.4 Å². The number of fused-ring (bicyclic) bond motifs is 1. The summed E-state index contributed by atoms with van der Waals surface area (Å²) in [6.07, 6.45) is 2.32. The lowest BCUT2D eigenvalue weighted by Crippen LogP contribution is -2.41. The van der Waals surface area contributed by atoms with Crippen LogP contribution >= 0.6 is 0 Å². The highest BCUT2D eigenvalue weighted by Crippen LogP contribution is 2.30. The smallest absolute Gasteiger partial charge is 0.259 e. The zero-order valence-corrected chi connectivity index (χ0v) is 10.2. The average Bonchev–Trinajstić information content (AvgIpc) is 2.95. The molecule has 0 spiro atoms. The second kappa shape index (κ2) is 4.12. The number of carbonyl (C=O) groups is 2. The van der Waals surface area contributed by atoms with Crippen molar-refractivity contribution in [3.63, 3.8) is 0 Å². The maximum Gasteiger partial charge on any atom is 0.259 e. The van der Waals surface area contributed by atoms with Crippen LogP contribution in [0.5, 0.6) is 0 Å². The molecule has 1 aromatic heterocycles. The van der Waals surface area contributed by atoms with E-state index in [1.165, 1.54) is 6.26 Å². The lowest BCUT2D eigenvalue weighted by Gasteiger charge is -2.22. The summed E-state index contributed by atoms with van der Waals surface area (Å²) in [5.41, 5.74) is 1.09. The molecular formula is C12H15N3O3. The summed E-state index contributed by atoms with van der Waals surface area (Å²) in [4.78, 5) is 25.7. The monoisotopic (exact) mass is 249 g/mol. The van der Waals surface area contributed by atoms with Crippen LogP contribution in [0.25, 0.3) is 0 Å². The summed E-state index contributed by atoms with van der Waals surface area (Å²) < 4.78 is 4.79. The first-order valence-corrected chi connectivity index (χ1v) is 6.15. The summed E-state index contributed by atoms with van der Waals surface area (Å²) in [6.45, 7) is 3.61. The molecule has 2 atom stereocenters. The van der Waals surface area contributed by atoms with Gasteiger partial charge in [-0.25, -0.2) is 0 Å². The van der Waals surface area contributed by atoms with Gasteiger partial charge < -0.3 is 14.7 Å². The number of piperidine rings is 1. The van der Waals surface area contributed by atoms with E-state index in [4.69, 9.17) is 4.52 Å². The quantitative estimate of drug-likeness (QED) is 0.771. The lowest BCUT2D eigenvalue weighted by molar-refractivity contribution is -0.127. The predicted octanol–water partition coefficient (Wildman–Crippen LogP) is 0.191. The molecule has 6 heteroatoms. The minimum absolute atomic E-state index is 0.0529. The number of likely N-dealkylation sites (tertiary alicyclic amines) is 1. The Morgan fingerprint density at radius 3 is 3.06 bits per heavy atom. The van der Waals surface area contributed by atoms with Gasteiger partial charge in [0.2, 0.25) is 5.91 Å². The van der Waals surface area contributed by atoms with Gasteiger partial charge in [0.25, 0.3) is 5.91 Å². The first kappa shape index (κ1) is 11.3. The number of hydrogen-bond donors (Lipinski definition) is 1. The first-order valence-electron chi connectivity index (χ1n) is 6.15. The Balaban J connectivity index is 1.77. The van der Waals surface area contributed by atoms with E-state index in [1.807, 2.05) is 0 Å². The molecule has 18 heavy (non-hydrogen) atoms. The summed E-state index contributed by atoms with van der Waals surface area (Å²) in [6, 6.07) is 0. The number of hydrogen-bond acceptors (Lipinski definition) is 4. The number of nitrogens with zero attached hydrogens (tertiary/aromatic N) is 2. The summed E-state index contributed by atoms with van der Waals surface area (Å²) in [5, 5.41) is 6.56. The van der Waals surface area contributed by atoms with Crippen LogP contribution in [-0.4, -0.2) is 41.5 Å². The van der Waals surface area contributed by atoms with Gasteiger partial charge in [0, 0.05) is 19.6 Å². The number of amides is 2. The maximum absolute atomic E-state index is 12.3. The Hall–Kier alpha value is -1.85. The maximum atomic E-state index is 12.3. The highest BCUT2D eigenvalue weighted by molar-refractivity contribution is 5.95. The van der Waals surface area contributed by atoms with Gasteiger partial charge >= 0.3 is 0 Å². The fourth-order valence-electron chi connectivity index (χ4n) is 2.81. The van der Waals surface area contributed by atoms with Crippen molar-refractivity contribution in [3.8, 4) is 0 Å². The fraction of sp³-hybridized carbons (Fsp3) is 0.583. The van der Waals surface area contributed by atoms with E-state index in [0.717, 1.165) is 6.42 Å². The van der Waals surface area contributed by atoms with Crippen LogP contribution in [0.3, 0.4) is 0 Å². The molecule has 2 amide bonds. The van der Waals surface area contributed by atoms with E-state index in [1.54, 1.807) is 11.8 Å². The van der Waals surface area contributed by atoms with Crippen molar-refractivity contribution in [1.82, 2.24) is 15.4 Å². The highest BCUT2D eigenvalue weighted by atomic mass is 16.5. The Bertz CT molecular complexity index is 497. The molecular weight excluding hydrogens is 234 g/mol. The molecule has 1 aromatic rings. The van der Waals surface area contributed by atoms with Crippen LogP contribution < -0.4 is 5.32 Å². The number of carbonyl (C=O) groups excluding carboxylic acids is 2. The summed E-state index contributed by atoms with van der Waals surface area (Å²) in [7, 11) is 0. The van der Waals surface area contributed by atoms with Crippen LogP contribution in [0, 0.1) is 18.8 Å². The van der Waals surface area contributed by atoms with Gasteiger partial charge in [-0.15, -0.1) is 0 Å². The third-order valence-corrected chi connectivity index (χ3v) is 3.86. The van der Waals surface area contributed by atoms with Gasteiger partial charge in [-0.1, -0.05) is 5.16 Å². The molecule has 2 fully saturated rings. The van der Waals surface area contributed by atoms with Crippen molar-refractivity contribution in [2.45, 2.75) is 13.3 Å². The molecule has 3 heterocycles. The van der Waals surface area contributed by atoms with Crippen LogP contribution in [0.1, 0.15) is 22.5 Å². The molecule has 0 bridgehead atoms. The molecule has 0 aliphatic carbocycles. The molecule has 96 valence electrons. The Kier molecular flexibility index (Phi) is 2.57. The Labute approximate surface area is 104 Å². The van der Waals surface area contributed by atoms with Gasteiger partial charge in [0.05, 0.1) is 11.6 Å². The third-order valence-electron chi connectivity index (χ3n) is 3.86. The zero-order valence-electron chi connectivity index (χ0n) is 10.2. The minimum Gasteiger partial charge on any atom is -0.364 e. The molecule has 0 radical (unpaired) electrons. The van der Waals surface area contributed by atoms with Gasteiger partial charge in [-0.3, -0.25) is 9.59 Å². The van der Waals surface area contributed by atoms with Crippen molar-refractivity contribution in [2.24, 2.45) is 11.8 Å². The Morgan fingerprint density at radius 1 is 1.56 bits per heavy atom. The summed E-state index contributed by atoms with van der Waals surface area (Å²) >= 11 is 0. The number of aromatic nitrogens is 1. The van der Waals surface area contributed by atoms with Crippen molar-refractivity contribution in [1.29, 1.82) is 0 Å². The largest absolute Gasteiger partial charge is 0.364 e. The SMILES string of the molecule is Cc1nocc1C(=O)N1C[C@@H]2CCNC(=O)[C@H]2C1. The zero-order chi connectivity index (χ0) is 12.7. The van der Waals surface area contributed by atoms with E-state index in [9.17, 15) is 9.59 Å². The third kappa shape index (κ3) is 1.68. The van der Waals surface area contributed by atoms with Crippen LogP contribution in [-0.2, 0) is 4.79 Å². The fourth-order valence-corrected chi connectivity index (χ4v) is 2.81. The normalized spacial score (nSPS) is 26.9. The molecule has 0 unspecified atom stereocenters. The van der Waals surface area contributed by atoms with Gasteiger partial charge in [-0.2, -0.15) is 0 Å². The highest BCUT2D eigenvalue weighted by Gasteiger charge is 2.41. The second-order valence-electron chi connectivity index (χ2n) is 4.97. The average molecular weight is 249 g/mol. The van der Waals surface area contributed by atoms with E-state index in [0.29, 0.717) is 36.8 Å². The predicted molar refractivity (Wildman–Crippen MR) is 61.8 cm³/mol. The van der Waals surface area contributed by atoms with Crippen LogP contribution in [0.15, 0.2) is 10.8 Å². The first-order chi connectivity index (χ1) is 8.66.